The van der Waals surface area contributed by atoms with Crippen LogP contribution in [0.2, 0.25) is 0 Å². The van der Waals surface area contributed by atoms with Crippen molar-refractivity contribution in [1.82, 2.24) is 10.2 Å². The van der Waals surface area contributed by atoms with Gasteiger partial charge in [-0.15, -0.1) is 0 Å². The number of hydrogen-bond acceptors (Lipinski definition) is 7. The van der Waals surface area contributed by atoms with Gasteiger partial charge in [0.25, 0.3) is 0 Å². The highest BCUT2D eigenvalue weighted by Gasteiger charge is 2.25. The lowest BCUT2D eigenvalue weighted by molar-refractivity contribution is -0.131. The van der Waals surface area contributed by atoms with Crippen LogP contribution in [0, 0.1) is 0 Å². The summed E-state index contributed by atoms with van der Waals surface area (Å²) in [5, 5.41) is 3.45. The number of fused-ring (bicyclic) bond motifs is 1. The monoisotopic (exact) mass is 536 g/mol. The molecule has 2 heterocycles. The molecule has 0 radical (unpaired) electrons. The second-order valence-corrected chi connectivity index (χ2v) is 10.7. The van der Waals surface area contributed by atoms with Gasteiger partial charge >= 0.3 is 11.7 Å². The number of carbonyl (C=O) groups excluding carboxylic acids is 2. The van der Waals surface area contributed by atoms with Gasteiger partial charge in [0.15, 0.2) is 11.5 Å². The van der Waals surface area contributed by atoms with Gasteiger partial charge < -0.3 is 28.8 Å². The molecule has 0 atom stereocenters. The zero-order chi connectivity index (χ0) is 28.2. The first-order valence-electron chi connectivity index (χ1n) is 13.1. The number of amides is 2. The number of nitrogens with one attached hydrogen (secondary N) is 1. The van der Waals surface area contributed by atoms with Gasteiger partial charge in [-0.2, -0.15) is 0 Å². The van der Waals surface area contributed by atoms with Crippen molar-refractivity contribution < 1.29 is 28.2 Å². The highest BCUT2D eigenvalue weighted by Crippen LogP contribution is 2.34. The summed E-state index contributed by atoms with van der Waals surface area (Å²) < 4.78 is 21.4. The molecule has 2 amide bonds. The second kappa shape index (κ2) is 11.8. The summed E-state index contributed by atoms with van der Waals surface area (Å²) in [6.07, 6.45) is 1.31. The number of ether oxygens (including phenoxy) is 3. The van der Waals surface area contributed by atoms with Gasteiger partial charge in [0.1, 0.15) is 11.2 Å². The van der Waals surface area contributed by atoms with Crippen molar-refractivity contribution in [3.63, 3.8) is 0 Å². The Morgan fingerprint density at radius 3 is 2.38 bits per heavy atom. The lowest BCUT2D eigenvalue weighted by Crippen LogP contribution is -2.39. The Labute approximate surface area is 228 Å². The standard InChI is InChI=1S/C30H36N2O7/c1-30(2,3)39-29(35)31-18-19-7-6-8-21(13-19)20-9-11-32(12-10-20)27(33)14-22-15-28(34)38-24-17-26(37-5)25(36-4)16-23(22)24/h6-8,13,15-17,20H,9-12,14,18H2,1-5H3,(H,31,35). The van der Waals surface area contributed by atoms with Crippen LogP contribution in [0.3, 0.4) is 0 Å². The van der Waals surface area contributed by atoms with Gasteiger partial charge in [0.05, 0.1) is 20.6 Å². The Hall–Kier alpha value is -4.01. The van der Waals surface area contributed by atoms with Crippen molar-refractivity contribution >= 4 is 23.0 Å². The van der Waals surface area contributed by atoms with Crippen molar-refractivity contribution in [2.75, 3.05) is 27.3 Å². The summed E-state index contributed by atoms with van der Waals surface area (Å²) in [4.78, 5) is 39.3. The van der Waals surface area contributed by atoms with Crippen LogP contribution in [-0.4, -0.2) is 49.8 Å². The fourth-order valence-electron chi connectivity index (χ4n) is 4.88. The minimum absolute atomic E-state index is 0.0366. The highest BCUT2D eigenvalue weighted by molar-refractivity contribution is 5.89. The van der Waals surface area contributed by atoms with Gasteiger partial charge in [0.2, 0.25) is 5.91 Å². The van der Waals surface area contributed by atoms with Crippen LogP contribution < -0.4 is 20.4 Å². The Kier molecular flexibility index (Phi) is 8.47. The molecule has 9 heteroatoms. The predicted molar refractivity (Wildman–Crippen MR) is 147 cm³/mol. The predicted octanol–water partition coefficient (Wildman–Crippen LogP) is 4.78. The minimum atomic E-state index is -0.544. The topological polar surface area (TPSA) is 107 Å². The summed E-state index contributed by atoms with van der Waals surface area (Å²) in [5.41, 5.74) is 2.08. The molecule has 0 aliphatic carbocycles. The van der Waals surface area contributed by atoms with Gasteiger partial charge in [-0.1, -0.05) is 24.3 Å². The number of methoxy groups -OCH3 is 2. The smallest absolute Gasteiger partial charge is 0.407 e. The number of carbonyl (C=O) groups is 2. The van der Waals surface area contributed by atoms with E-state index in [0.29, 0.717) is 53.6 Å². The van der Waals surface area contributed by atoms with Crippen LogP contribution in [0.25, 0.3) is 11.0 Å². The molecular weight excluding hydrogens is 500 g/mol. The van der Waals surface area contributed by atoms with Crippen LogP contribution in [0.5, 0.6) is 11.5 Å². The van der Waals surface area contributed by atoms with Gasteiger partial charge in [0, 0.05) is 37.2 Å². The van der Waals surface area contributed by atoms with E-state index in [1.165, 1.54) is 25.8 Å². The third-order valence-corrected chi connectivity index (χ3v) is 6.78. The van der Waals surface area contributed by atoms with E-state index >= 15 is 0 Å². The number of piperidine rings is 1. The maximum absolute atomic E-state index is 13.2. The number of rotatable bonds is 7. The normalized spacial score (nSPS) is 14.2. The van der Waals surface area contributed by atoms with Crippen molar-refractivity contribution in [3.05, 3.63) is 69.6 Å². The van der Waals surface area contributed by atoms with E-state index in [4.69, 9.17) is 18.6 Å². The molecule has 1 N–H and O–H groups in total. The Bertz CT molecular complexity index is 1400. The number of benzene rings is 2. The average molecular weight is 537 g/mol. The van der Waals surface area contributed by atoms with Gasteiger partial charge in [-0.3, -0.25) is 4.79 Å². The molecule has 1 fully saturated rings. The van der Waals surface area contributed by atoms with Crippen LogP contribution in [0.4, 0.5) is 4.79 Å². The number of alkyl carbamates (subject to hydrolysis) is 1. The van der Waals surface area contributed by atoms with E-state index in [9.17, 15) is 14.4 Å². The Balaban J connectivity index is 1.38. The molecular formula is C30H36N2O7. The molecule has 1 aromatic heterocycles. The molecule has 0 saturated carbocycles. The Morgan fingerprint density at radius 1 is 1.03 bits per heavy atom. The maximum Gasteiger partial charge on any atom is 0.407 e. The van der Waals surface area contributed by atoms with Crippen molar-refractivity contribution in [3.8, 4) is 11.5 Å². The van der Waals surface area contributed by atoms with E-state index in [1.807, 2.05) is 37.8 Å². The van der Waals surface area contributed by atoms with E-state index < -0.39 is 17.3 Å². The average Bonchev–Trinajstić information content (AvgIpc) is 2.90. The summed E-state index contributed by atoms with van der Waals surface area (Å²) >= 11 is 0. The van der Waals surface area contributed by atoms with Crippen LogP contribution >= 0.6 is 0 Å². The molecule has 1 aliphatic heterocycles. The maximum atomic E-state index is 13.2. The molecule has 39 heavy (non-hydrogen) atoms. The molecule has 0 bridgehead atoms. The van der Waals surface area contributed by atoms with Crippen LogP contribution in [-0.2, 0) is 22.5 Å². The van der Waals surface area contributed by atoms with E-state index in [-0.39, 0.29) is 12.3 Å². The van der Waals surface area contributed by atoms with E-state index in [0.717, 1.165) is 18.4 Å². The largest absolute Gasteiger partial charge is 0.493 e. The molecule has 4 rings (SSSR count). The second-order valence-electron chi connectivity index (χ2n) is 10.7. The quantitative estimate of drug-likeness (QED) is 0.433. The van der Waals surface area contributed by atoms with Crippen LogP contribution in [0.15, 0.2) is 51.7 Å². The first-order chi connectivity index (χ1) is 18.6. The van der Waals surface area contributed by atoms with Gasteiger partial charge in [-0.25, -0.2) is 9.59 Å². The van der Waals surface area contributed by atoms with E-state index in [2.05, 4.69) is 17.4 Å². The lowest BCUT2D eigenvalue weighted by Gasteiger charge is -2.32. The fourth-order valence-corrected chi connectivity index (χ4v) is 4.88. The highest BCUT2D eigenvalue weighted by atomic mass is 16.6. The fraction of sp³-hybridized carbons (Fsp3) is 0.433. The first-order valence-corrected chi connectivity index (χ1v) is 13.1. The number of likely N-dealkylation sites (tertiary alicyclic amines) is 1. The first kappa shape index (κ1) is 28.0. The number of hydrogen-bond donors (Lipinski definition) is 1. The zero-order valence-electron chi connectivity index (χ0n) is 23.2. The summed E-state index contributed by atoms with van der Waals surface area (Å²) in [6, 6.07) is 12.9. The molecule has 1 saturated heterocycles. The molecule has 0 spiro atoms. The molecule has 208 valence electrons. The summed E-state index contributed by atoms with van der Waals surface area (Å²) in [5.74, 6) is 1.22. The van der Waals surface area contributed by atoms with E-state index in [1.54, 1.807) is 12.1 Å². The Morgan fingerprint density at radius 2 is 1.72 bits per heavy atom. The summed E-state index contributed by atoms with van der Waals surface area (Å²) in [7, 11) is 3.04. The lowest BCUT2D eigenvalue weighted by atomic mass is 9.88. The van der Waals surface area contributed by atoms with Gasteiger partial charge in [-0.05, 0) is 62.3 Å². The molecule has 9 nitrogen and oxygen atoms in total. The number of nitrogens with zero attached hydrogens (tertiary/aromatic N) is 1. The SMILES string of the molecule is COc1cc2oc(=O)cc(CC(=O)N3CCC(c4cccc(CNC(=O)OC(C)(C)C)c4)CC3)c2cc1OC. The van der Waals surface area contributed by atoms with Crippen molar-refractivity contribution in [2.24, 2.45) is 0 Å². The third kappa shape index (κ3) is 7.10. The molecule has 0 unspecified atom stereocenters. The molecule has 1 aliphatic rings. The minimum Gasteiger partial charge on any atom is -0.493 e. The summed E-state index contributed by atoms with van der Waals surface area (Å²) in [6.45, 7) is 7.13. The van der Waals surface area contributed by atoms with Crippen molar-refractivity contribution in [2.45, 2.75) is 58.1 Å². The van der Waals surface area contributed by atoms with Crippen molar-refractivity contribution in [1.29, 1.82) is 0 Å². The van der Waals surface area contributed by atoms with Crippen LogP contribution in [0.1, 0.15) is 56.2 Å². The zero-order valence-corrected chi connectivity index (χ0v) is 23.2. The third-order valence-electron chi connectivity index (χ3n) is 6.78. The molecule has 3 aromatic rings. The molecule has 2 aromatic carbocycles.